The van der Waals surface area contributed by atoms with Crippen molar-refractivity contribution in [1.82, 2.24) is 24.8 Å². The van der Waals surface area contributed by atoms with Gasteiger partial charge in [-0.25, -0.2) is 14.2 Å². The second-order valence-corrected chi connectivity index (χ2v) is 6.65. The summed E-state index contributed by atoms with van der Waals surface area (Å²) >= 11 is 0. The van der Waals surface area contributed by atoms with Crippen LogP contribution in [0.25, 0.3) is 22.6 Å². The zero-order chi connectivity index (χ0) is 22.9. The van der Waals surface area contributed by atoms with E-state index in [9.17, 15) is 23.1 Å². The molecular weight excluding hydrogens is 427 g/mol. The maximum atomic E-state index is 13.7. The molecule has 0 spiro atoms. The summed E-state index contributed by atoms with van der Waals surface area (Å²) in [6.07, 6.45) is -2.35. The third kappa shape index (κ3) is 4.04. The summed E-state index contributed by atoms with van der Waals surface area (Å²) < 4.78 is 47.8. The zero-order valence-electron chi connectivity index (χ0n) is 16.6. The normalized spacial score (nSPS) is 11.5. The maximum absolute atomic E-state index is 13.7. The van der Waals surface area contributed by atoms with Gasteiger partial charge in [-0.05, 0) is 31.2 Å². The first-order chi connectivity index (χ1) is 15.3. The van der Waals surface area contributed by atoms with Crippen LogP contribution >= 0.6 is 0 Å². The van der Waals surface area contributed by atoms with Crippen molar-refractivity contribution in [2.24, 2.45) is 0 Å². The van der Waals surface area contributed by atoms with Gasteiger partial charge in [-0.2, -0.15) is 18.3 Å². The molecule has 0 bridgehead atoms. The maximum Gasteiger partial charge on any atom is 0.434 e. The van der Waals surface area contributed by atoms with Gasteiger partial charge in [0.2, 0.25) is 0 Å². The molecule has 0 atom stereocenters. The lowest BCUT2D eigenvalue weighted by Gasteiger charge is -2.12. The molecule has 4 rings (SSSR count). The highest BCUT2D eigenvalue weighted by molar-refractivity contribution is 5.90. The van der Waals surface area contributed by atoms with Gasteiger partial charge in [0.05, 0.1) is 30.4 Å². The van der Waals surface area contributed by atoms with E-state index in [0.717, 1.165) is 6.20 Å². The van der Waals surface area contributed by atoms with Gasteiger partial charge in [-0.3, -0.25) is 0 Å². The number of hydrogen-bond acceptors (Lipinski definition) is 6. The number of halogens is 3. The minimum absolute atomic E-state index is 0.0563. The van der Waals surface area contributed by atoms with Gasteiger partial charge < -0.3 is 9.84 Å². The van der Waals surface area contributed by atoms with Crippen molar-refractivity contribution in [3.8, 4) is 28.4 Å². The number of phenolic OH excluding ortho intramolecular Hbond substituents is 1. The number of ether oxygens (including phenoxy) is 1. The average molecular weight is 443 g/mol. The van der Waals surface area contributed by atoms with Crippen molar-refractivity contribution in [3.05, 3.63) is 72.2 Å². The Balaban J connectivity index is 1.66. The lowest BCUT2D eigenvalue weighted by molar-refractivity contribution is -0.143. The molecule has 0 saturated heterocycles. The Kier molecular flexibility index (Phi) is 5.39. The number of carbonyl (C=O) groups is 1. The summed E-state index contributed by atoms with van der Waals surface area (Å²) in [4.78, 5) is 11.9. The highest BCUT2D eigenvalue weighted by atomic mass is 19.4. The van der Waals surface area contributed by atoms with Crippen molar-refractivity contribution in [2.75, 3.05) is 6.61 Å². The van der Waals surface area contributed by atoms with Crippen LogP contribution in [-0.2, 0) is 10.9 Å². The minimum Gasteiger partial charge on any atom is -0.508 e. The summed E-state index contributed by atoms with van der Waals surface area (Å²) in [6, 6.07) is 12.4. The number of carbonyl (C=O) groups excluding carboxylic acids is 1. The van der Waals surface area contributed by atoms with Crippen molar-refractivity contribution < 1.29 is 27.8 Å². The first kappa shape index (κ1) is 21.1. The highest BCUT2D eigenvalue weighted by Gasteiger charge is 2.41. The SMILES string of the molecule is CCOC(=O)c1cnn(-c2ccc(-c3cn(-c4cccc(O)c4)nn3)cc2)c1C(F)(F)F. The molecule has 0 saturated carbocycles. The van der Waals surface area contributed by atoms with Crippen LogP contribution in [0.15, 0.2) is 60.9 Å². The van der Waals surface area contributed by atoms with E-state index in [1.807, 2.05) is 0 Å². The second-order valence-electron chi connectivity index (χ2n) is 6.65. The van der Waals surface area contributed by atoms with Crippen molar-refractivity contribution >= 4 is 5.97 Å². The number of benzene rings is 2. The van der Waals surface area contributed by atoms with E-state index in [1.165, 1.54) is 35.9 Å². The van der Waals surface area contributed by atoms with E-state index in [1.54, 1.807) is 30.5 Å². The van der Waals surface area contributed by atoms with Gasteiger partial charge >= 0.3 is 12.1 Å². The van der Waals surface area contributed by atoms with E-state index in [2.05, 4.69) is 15.4 Å². The molecule has 0 fully saturated rings. The van der Waals surface area contributed by atoms with E-state index >= 15 is 0 Å². The Morgan fingerprint density at radius 3 is 2.53 bits per heavy atom. The Hall–Kier alpha value is -4.15. The highest BCUT2D eigenvalue weighted by Crippen LogP contribution is 2.34. The molecule has 1 N–H and O–H groups in total. The molecule has 0 radical (unpaired) electrons. The number of aromatic hydroxyl groups is 1. The van der Waals surface area contributed by atoms with Crippen molar-refractivity contribution in [2.45, 2.75) is 13.1 Å². The summed E-state index contributed by atoms with van der Waals surface area (Å²) in [5.74, 6) is -1.02. The number of hydrogen-bond donors (Lipinski definition) is 1. The van der Waals surface area contributed by atoms with Crippen LogP contribution < -0.4 is 0 Å². The molecule has 0 aliphatic carbocycles. The molecule has 0 amide bonds. The Morgan fingerprint density at radius 2 is 1.88 bits per heavy atom. The second kappa shape index (κ2) is 8.17. The van der Waals surface area contributed by atoms with Gasteiger partial charge in [-0.15, -0.1) is 5.10 Å². The molecule has 2 heterocycles. The molecule has 0 unspecified atom stereocenters. The molecule has 8 nitrogen and oxygen atoms in total. The lowest BCUT2D eigenvalue weighted by Crippen LogP contribution is -2.18. The summed E-state index contributed by atoms with van der Waals surface area (Å²) in [7, 11) is 0. The van der Waals surface area contributed by atoms with Crippen LogP contribution in [0.1, 0.15) is 23.0 Å². The first-order valence-electron chi connectivity index (χ1n) is 9.43. The van der Waals surface area contributed by atoms with E-state index in [-0.39, 0.29) is 18.0 Å². The van der Waals surface area contributed by atoms with E-state index < -0.39 is 23.4 Å². The summed E-state index contributed by atoms with van der Waals surface area (Å²) in [5, 5.41) is 21.4. The summed E-state index contributed by atoms with van der Waals surface area (Å²) in [6.45, 7) is 1.45. The quantitative estimate of drug-likeness (QED) is 0.468. The number of alkyl halides is 3. The third-order valence-electron chi connectivity index (χ3n) is 4.53. The van der Waals surface area contributed by atoms with Crippen molar-refractivity contribution in [3.63, 3.8) is 0 Å². The molecule has 0 aliphatic rings. The van der Waals surface area contributed by atoms with Crippen molar-refractivity contribution in [1.29, 1.82) is 0 Å². The number of esters is 1. The Bertz CT molecular complexity index is 1260. The molecule has 4 aromatic rings. The Labute approximate surface area is 179 Å². The van der Waals surface area contributed by atoms with Gasteiger partial charge in [0, 0.05) is 11.6 Å². The predicted octanol–water partition coefficient (Wildman–Crippen LogP) is 4.02. The van der Waals surface area contributed by atoms with Gasteiger partial charge in [0.1, 0.15) is 17.0 Å². The monoisotopic (exact) mass is 443 g/mol. The van der Waals surface area contributed by atoms with E-state index in [4.69, 9.17) is 4.74 Å². The molecule has 11 heteroatoms. The fourth-order valence-electron chi connectivity index (χ4n) is 3.11. The molecule has 164 valence electrons. The van der Waals surface area contributed by atoms with Crippen LogP contribution in [-0.4, -0.2) is 42.5 Å². The standard InChI is InChI=1S/C21H16F3N5O3/c1-2-32-20(31)17-11-25-29(19(17)21(22,23)24)14-8-6-13(7-9-14)18-12-28(27-26-18)15-4-3-5-16(30)10-15/h3-12,30H,2H2,1H3. The number of nitrogens with zero attached hydrogens (tertiary/aromatic N) is 5. The van der Waals surface area contributed by atoms with Crippen LogP contribution in [0.4, 0.5) is 13.2 Å². The van der Waals surface area contributed by atoms with Crippen LogP contribution in [0.2, 0.25) is 0 Å². The fraction of sp³-hybridized carbons (Fsp3) is 0.143. The zero-order valence-corrected chi connectivity index (χ0v) is 16.6. The van der Waals surface area contributed by atoms with Crippen LogP contribution in [0.3, 0.4) is 0 Å². The largest absolute Gasteiger partial charge is 0.508 e. The summed E-state index contributed by atoms with van der Waals surface area (Å²) in [5.41, 5.74) is -0.0821. The van der Waals surface area contributed by atoms with E-state index in [0.29, 0.717) is 21.6 Å². The average Bonchev–Trinajstić information content (AvgIpc) is 3.42. The fourth-order valence-corrected chi connectivity index (χ4v) is 3.11. The third-order valence-corrected chi connectivity index (χ3v) is 4.53. The first-order valence-corrected chi connectivity index (χ1v) is 9.43. The van der Waals surface area contributed by atoms with Crippen LogP contribution in [0, 0.1) is 0 Å². The molecular formula is C21H16F3N5O3. The number of rotatable bonds is 5. The number of phenols is 1. The molecule has 32 heavy (non-hydrogen) atoms. The topological polar surface area (TPSA) is 95.1 Å². The Morgan fingerprint density at radius 1 is 1.12 bits per heavy atom. The van der Waals surface area contributed by atoms with Gasteiger partial charge in [-0.1, -0.05) is 23.4 Å². The molecule has 0 aliphatic heterocycles. The minimum atomic E-state index is -4.82. The predicted molar refractivity (Wildman–Crippen MR) is 107 cm³/mol. The van der Waals surface area contributed by atoms with Gasteiger partial charge in [0.15, 0.2) is 5.69 Å². The van der Waals surface area contributed by atoms with Gasteiger partial charge in [0.25, 0.3) is 0 Å². The molecule has 2 aromatic carbocycles. The smallest absolute Gasteiger partial charge is 0.434 e. The van der Waals surface area contributed by atoms with Crippen LogP contribution in [0.5, 0.6) is 5.75 Å². The number of aromatic nitrogens is 5. The lowest BCUT2D eigenvalue weighted by atomic mass is 10.1. The molecule has 2 aromatic heterocycles.